The van der Waals surface area contributed by atoms with Gasteiger partial charge in [0, 0.05) is 0 Å². The van der Waals surface area contributed by atoms with Crippen LogP contribution in [0.25, 0.3) is 0 Å². The zero-order valence-electron chi connectivity index (χ0n) is 58.5. The Balaban J connectivity index is 4.32. The number of hydrogen-bond donors (Lipinski definition) is 2. The second-order valence-corrected chi connectivity index (χ2v) is 27.6. The van der Waals surface area contributed by atoms with E-state index in [4.69, 9.17) is 9.79 Å². The third-order valence-electron chi connectivity index (χ3n) is 16.5. The summed E-state index contributed by atoms with van der Waals surface area (Å²) in [5, 5.41) is 0. The van der Waals surface area contributed by atoms with Crippen LogP contribution in [-0.2, 0) is 9.09 Å². The lowest BCUT2D eigenvalue weighted by molar-refractivity contribution is 0.185. The van der Waals surface area contributed by atoms with Gasteiger partial charge in [-0.05, 0) is 316 Å². The fraction of sp³-hybridized carbons (Fsp3) is 0.625. The molecule has 0 aliphatic carbocycles. The SMILES string of the molecule is CC(C)=CCC/C(C)=C/CC/C(C)=C/CC/C(C)=C\CC/C(C)=C\CC/C(C)=C\CC/C(C)=C\CC/C(C)=C\CC/C(C)=C\CC/C(C)=C\CC/C(C)=C\CC/C(C)=C\CC/C(C)=C\CC/C(C)=C\CC/C(C)=C\CCC(C)CCOP(=O)(O)O. The van der Waals surface area contributed by atoms with Crippen molar-refractivity contribution in [3.05, 3.63) is 175 Å². The summed E-state index contributed by atoms with van der Waals surface area (Å²) < 4.78 is 15.4. The zero-order valence-corrected chi connectivity index (χ0v) is 59.4. The second-order valence-electron chi connectivity index (χ2n) is 26.3. The first-order valence-electron chi connectivity index (χ1n) is 33.9. The highest BCUT2D eigenvalue weighted by atomic mass is 31.2. The van der Waals surface area contributed by atoms with Crippen molar-refractivity contribution in [1.29, 1.82) is 0 Å². The molecule has 0 saturated carbocycles. The minimum Gasteiger partial charge on any atom is -0.303 e. The van der Waals surface area contributed by atoms with E-state index in [1.807, 2.05) is 0 Å². The van der Waals surface area contributed by atoms with Gasteiger partial charge in [0.25, 0.3) is 0 Å². The molecule has 0 aliphatic rings. The molecular formula is C80H133O4P. The predicted molar refractivity (Wildman–Crippen MR) is 382 cm³/mol. The van der Waals surface area contributed by atoms with Gasteiger partial charge in [-0.15, -0.1) is 0 Å². The Morgan fingerprint density at radius 3 is 0.576 bits per heavy atom. The lowest BCUT2D eigenvalue weighted by Gasteiger charge is -2.11. The van der Waals surface area contributed by atoms with E-state index in [0.29, 0.717) is 12.3 Å². The van der Waals surface area contributed by atoms with Gasteiger partial charge in [0.1, 0.15) is 0 Å². The molecule has 0 aromatic rings. The van der Waals surface area contributed by atoms with Gasteiger partial charge in [-0.2, -0.15) is 0 Å². The molecule has 0 spiro atoms. The van der Waals surface area contributed by atoms with Crippen LogP contribution in [0, 0.1) is 5.92 Å². The molecule has 5 heteroatoms. The van der Waals surface area contributed by atoms with Crippen LogP contribution >= 0.6 is 7.82 Å². The summed E-state index contributed by atoms with van der Waals surface area (Å²) in [4.78, 5) is 17.7. The van der Waals surface area contributed by atoms with E-state index in [-0.39, 0.29) is 6.61 Å². The van der Waals surface area contributed by atoms with Crippen molar-refractivity contribution >= 4 is 7.82 Å². The molecule has 2 N–H and O–H groups in total. The summed E-state index contributed by atoms with van der Waals surface area (Å²) in [5.41, 5.74) is 22.5. The zero-order chi connectivity index (χ0) is 63.7. The molecular weight excluding hydrogens is 1060 g/mol. The van der Waals surface area contributed by atoms with E-state index in [9.17, 15) is 4.57 Å². The Kier molecular flexibility index (Phi) is 49.9. The summed E-state index contributed by atoms with van der Waals surface area (Å²) >= 11 is 0. The highest BCUT2D eigenvalue weighted by Crippen LogP contribution is 2.36. The average Bonchev–Trinajstić information content (AvgIpc) is 3.40. The van der Waals surface area contributed by atoms with Crippen LogP contribution in [0.3, 0.4) is 0 Å². The monoisotopic (exact) mass is 1190 g/mol. The molecule has 0 saturated heterocycles. The van der Waals surface area contributed by atoms with E-state index in [1.54, 1.807) is 0 Å². The maximum atomic E-state index is 10.8. The van der Waals surface area contributed by atoms with E-state index in [0.717, 1.165) is 148 Å². The Bertz CT molecular complexity index is 2370. The topological polar surface area (TPSA) is 66.8 Å². The quantitative estimate of drug-likeness (QED) is 0.0471. The molecule has 4 nitrogen and oxygen atoms in total. The third kappa shape index (κ3) is 56.5. The Labute approximate surface area is 527 Å². The molecule has 1 atom stereocenters. The summed E-state index contributed by atoms with van der Waals surface area (Å²) in [5.74, 6) is 0.373. The van der Waals surface area contributed by atoms with Crippen LogP contribution in [-0.4, -0.2) is 16.4 Å². The summed E-state index contributed by atoms with van der Waals surface area (Å²) in [6.45, 7) is 38.7. The van der Waals surface area contributed by atoms with Crippen molar-refractivity contribution in [2.45, 2.75) is 317 Å². The number of rotatable bonds is 49. The van der Waals surface area contributed by atoms with Crippen LogP contribution in [0.5, 0.6) is 0 Å². The molecule has 0 rings (SSSR count). The minimum absolute atomic E-state index is 0.105. The summed E-state index contributed by atoms with van der Waals surface area (Å²) in [6.07, 6.45) is 71.3. The lowest BCUT2D eigenvalue weighted by Crippen LogP contribution is -2.00. The van der Waals surface area contributed by atoms with E-state index < -0.39 is 7.82 Å². The van der Waals surface area contributed by atoms with Crippen molar-refractivity contribution in [3.63, 3.8) is 0 Å². The van der Waals surface area contributed by atoms with Gasteiger partial charge in [-0.1, -0.05) is 182 Å². The lowest BCUT2D eigenvalue weighted by atomic mass is 10.0. The van der Waals surface area contributed by atoms with Crippen LogP contribution < -0.4 is 0 Å². The molecule has 0 aliphatic heterocycles. The molecule has 482 valence electrons. The van der Waals surface area contributed by atoms with Gasteiger partial charge in [0.15, 0.2) is 0 Å². The molecule has 1 unspecified atom stereocenters. The fourth-order valence-corrected chi connectivity index (χ4v) is 10.6. The third-order valence-corrected chi connectivity index (χ3v) is 17.0. The first-order valence-corrected chi connectivity index (χ1v) is 35.4. The highest BCUT2D eigenvalue weighted by Gasteiger charge is 2.14. The average molecular weight is 1190 g/mol. The largest absolute Gasteiger partial charge is 0.469 e. The molecule has 0 bridgehead atoms. The van der Waals surface area contributed by atoms with Crippen LogP contribution in [0.4, 0.5) is 0 Å². The Morgan fingerprint density at radius 1 is 0.271 bits per heavy atom. The molecule has 0 fully saturated rings. The summed E-state index contributed by atoms with van der Waals surface area (Å²) in [6, 6.07) is 0. The van der Waals surface area contributed by atoms with Gasteiger partial charge in [-0.3, -0.25) is 4.52 Å². The van der Waals surface area contributed by atoms with Crippen molar-refractivity contribution in [1.82, 2.24) is 0 Å². The van der Waals surface area contributed by atoms with E-state index >= 15 is 0 Å². The molecule has 0 aromatic carbocycles. The molecule has 0 amide bonds. The van der Waals surface area contributed by atoms with Gasteiger partial charge >= 0.3 is 7.82 Å². The first kappa shape index (κ1) is 81.2. The van der Waals surface area contributed by atoms with Crippen molar-refractivity contribution in [2.75, 3.05) is 6.61 Å². The molecule has 0 heterocycles. The van der Waals surface area contributed by atoms with E-state index in [1.165, 1.54) is 129 Å². The fourth-order valence-electron chi connectivity index (χ4n) is 10.2. The van der Waals surface area contributed by atoms with Crippen molar-refractivity contribution in [3.8, 4) is 0 Å². The molecule has 0 radical (unpaired) electrons. The smallest absolute Gasteiger partial charge is 0.303 e. The maximum absolute atomic E-state index is 10.8. The maximum Gasteiger partial charge on any atom is 0.469 e. The first-order chi connectivity index (χ1) is 40.3. The van der Waals surface area contributed by atoms with Crippen LogP contribution in [0.2, 0.25) is 0 Å². The van der Waals surface area contributed by atoms with Crippen molar-refractivity contribution in [2.24, 2.45) is 5.92 Å². The van der Waals surface area contributed by atoms with Gasteiger partial charge in [0.2, 0.25) is 0 Å². The number of phosphoric ester groups is 1. The van der Waals surface area contributed by atoms with Crippen molar-refractivity contribution < 1.29 is 18.9 Å². The number of hydrogen-bond acceptors (Lipinski definition) is 2. The van der Waals surface area contributed by atoms with E-state index in [2.05, 4.69) is 213 Å². The normalized spacial score (nSPS) is 15.4. The van der Waals surface area contributed by atoms with Gasteiger partial charge in [-0.25, -0.2) is 4.57 Å². The van der Waals surface area contributed by atoms with Crippen LogP contribution in [0.1, 0.15) is 317 Å². The highest BCUT2D eigenvalue weighted by molar-refractivity contribution is 7.46. The second kappa shape index (κ2) is 52.2. The van der Waals surface area contributed by atoms with Gasteiger partial charge in [0.05, 0.1) is 6.61 Å². The number of allylic oxidation sites excluding steroid dienone is 30. The van der Waals surface area contributed by atoms with Gasteiger partial charge < -0.3 is 9.79 Å². The Morgan fingerprint density at radius 2 is 0.424 bits per heavy atom. The number of phosphoric acid groups is 1. The standard InChI is InChI=1S/C80H133O4P/c1-65(2)33-18-34-66(3)35-19-36-67(4)37-20-38-68(5)39-21-40-69(6)41-22-42-70(7)43-23-44-71(8)45-24-46-72(9)47-25-48-73(10)49-26-50-74(11)51-27-52-75(12)53-28-54-76(13)55-29-56-77(14)57-30-58-78(15)59-31-60-79(16)61-32-62-80(17)63-64-84-85(81,82)83/h33,35,37,39,41,43,45,47,49,51,53,55,57,59,61,80H,18-32,34,36,38,40,42,44,46,48,50,52,54,56,58,60,62-64H2,1-17H3,(H2,81,82,83)/b66-35+,67-37+,68-39-,69-41-,70-43-,71-45-,72-47-,73-49-,74-51-,75-53-,76-55-,77-57-,78-59-,79-61-. The summed E-state index contributed by atoms with van der Waals surface area (Å²) in [7, 11) is -4.36. The van der Waals surface area contributed by atoms with Crippen LogP contribution in [0.15, 0.2) is 175 Å². The predicted octanol–water partition coefficient (Wildman–Crippen LogP) is 27.0. The molecule has 85 heavy (non-hydrogen) atoms. The minimum atomic E-state index is -4.36. The molecule has 0 aromatic heterocycles. The Hall–Kier alpha value is -3.79.